The summed E-state index contributed by atoms with van der Waals surface area (Å²) >= 11 is 6.36. The molecule has 0 fully saturated rings. The van der Waals surface area contributed by atoms with E-state index in [9.17, 15) is 9.59 Å². The maximum atomic E-state index is 12.2. The Kier molecular flexibility index (Phi) is 6.87. The minimum atomic E-state index is -0.661. The number of benzene rings is 1. The van der Waals surface area contributed by atoms with Gasteiger partial charge in [-0.05, 0) is 32.8 Å². The van der Waals surface area contributed by atoms with Crippen LogP contribution in [0.2, 0.25) is 0 Å². The van der Waals surface area contributed by atoms with Crippen molar-refractivity contribution >= 4 is 43.7 Å². The van der Waals surface area contributed by atoms with Gasteiger partial charge >= 0.3 is 6.09 Å². The molecule has 6 heteroatoms. The maximum absolute atomic E-state index is 12.2. The number of alkyl halides is 2. The molecule has 0 aromatic heterocycles. The van der Waals surface area contributed by atoms with Gasteiger partial charge in [0.2, 0.25) is 0 Å². The molecule has 0 bridgehead atoms. The van der Waals surface area contributed by atoms with Crippen molar-refractivity contribution in [2.45, 2.75) is 42.6 Å². The second-order valence-electron chi connectivity index (χ2n) is 5.59. The summed E-state index contributed by atoms with van der Waals surface area (Å²) in [6.45, 7) is 5.33. The summed E-state index contributed by atoms with van der Waals surface area (Å²) in [7, 11) is 0. The van der Waals surface area contributed by atoms with Crippen molar-refractivity contribution in [1.82, 2.24) is 5.32 Å². The summed E-state index contributed by atoms with van der Waals surface area (Å²) < 4.78 is 4.68. The molecule has 0 spiro atoms. The fourth-order valence-electron chi connectivity index (χ4n) is 1.67. The lowest BCUT2D eigenvalue weighted by Gasteiger charge is -2.23. The van der Waals surface area contributed by atoms with Gasteiger partial charge in [-0.15, -0.1) is 0 Å². The number of halogens is 2. The zero-order valence-corrected chi connectivity index (χ0v) is 15.4. The van der Waals surface area contributed by atoms with E-state index in [4.69, 9.17) is 4.74 Å². The Hall–Kier alpha value is -0.880. The number of ketones is 1. The first-order valence-corrected chi connectivity index (χ1v) is 8.37. The third-order valence-electron chi connectivity index (χ3n) is 2.53. The predicted octanol–water partition coefficient (Wildman–Crippen LogP) is 3.81. The van der Waals surface area contributed by atoms with E-state index >= 15 is 0 Å². The molecule has 1 aromatic carbocycles. The average Bonchev–Trinajstić information content (AvgIpc) is 2.36. The van der Waals surface area contributed by atoms with E-state index < -0.39 is 21.5 Å². The zero-order valence-electron chi connectivity index (χ0n) is 12.2. The summed E-state index contributed by atoms with van der Waals surface area (Å²) in [5.41, 5.74) is 0.361. The van der Waals surface area contributed by atoms with Crippen molar-refractivity contribution in [2.75, 3.05) is 0 Å². The normalized spacial score (nSPS) is 12.9. The fraction of sp³-hybridized carbons (Fsp3) is 0.467. The Morgan fingerprint density at radius 3 is 2.24 bits per heavy atom. The Balaban J connectivity index is 2.78. The lowest BCUT2D eigenvalue weighted by Crippen LogP contribution is -2.46. The highest BCUT2D eigenvalue weighted by molar-refractivity contribution is 9.25. The molecule has 0 saturated heterocycles. The Bertz CT molecular complexity index is 483. The highest BCUT2D eigenvalue weighted by atomic mass is 79.9. The number of nitrogens with one attached hydrogen (secondary N) is 1. The molecule has 0 heterocycles. The summed E-state index contributed by atoms with van der Waals surface area (Å²) in [6.07, 6.45) is -0.190. The molecular formula is C15H19Br2NO3. The van der Waals surface area contributed by atoms with Crippen molar-refractivity contribution in [3.05, 3.63) is 35.9 Å². The lowest BCUT2D eigenvalue weighted by atomic mass is 10.0. The van der Waals surface area contributed by atoms with Crippen LogP contribution >= 0.6 is 31.9 Å². The molecule has 0 saturated carbocycles. The van der Waals surface area contributed by atoms with E-state index in [2.05, 4.69) is 37.2 Å². The third kappa shape index (κ3) is 7.09. The fourth-order valence-corrected chi connectivity index (χ4v) is 2.31. The summed E-state index contributed by atoms with van der Waals surface area (Å²) in [5, 5.41) is 2.63. The maximum Gasteiger partial charge on any atom is 0.408 e. The molecule has 0 aliphatic rings. The zero-order chi connectivity index (χ0) is 16.0. The van der Waals surface area contributed by atoms with Crippen molar-refractivity contribution in [3.8, 4) is 0 Å². The molecule has 1 N–H and O–H groups in total. The number of hydrogen-bond acceptors (Lipinski definition) is 3. The Labute approximate surface area is 141 Å². The van der Waals surface area contributed by atoms with E-state index in [1.165, 1.54) is 0 Å². The highest BCUT2D eigenvalue weighted by Crippen LogP contribution is 2.15. The van der Waals surface area contributed by atoms with Crippen LogP contribution in [-0.4, -0.2) is 27.3 Å². The van der Waals surface area contributed by atoms with Gasteiger partial charge in [0.15, 0.2) is 5.78 Å². The number of rotatable bonds is 5. The number of amides is 1. The number of hydrogen-bond donors (Lipinski definition) is 1. The highest BCUT2D eigenvalue weighted by Gasteiger charge is 2.27. The SMILES string of the molecule is CC(C)(C)OC(=O)NC(Cc1ccccc1)C(=O)C(Br)Br. The van der Waals surface area contributed by atoms with Gasteiger partial charge in [-0.1, -0.05) is 62.2 Å². The predicted molar refractivity (Wildman–Crippen MR) is 90.0 cm³/mol. The van der Waals surface area contributed by atoms with Crippen LogP contribution in [0.15, 0.2) is 30.3 Å². The van der Waals surface area contributed by atoms with E-state index in [-0.39, 0.29) is 5.78 Å². The lowest BCUT2D eigenvalue weighted by molar-refractivity contribution is -0.119. The van der Waals surface area contributed by atoms with Crippen molar-refractivity contribution in [2.24, 2.45) is 0 Å². The minimum absolute atomic E-state index is 0.162. The summed E-state index contributed by atoms with van der Waals surface area (Å²) in [6, 6.07) is 8.85. The molecule has 1 aromatic rings. The van der Waals surface area contributed by atoms with Crippen molar-refractivity contribution in [1.29, 1.82) is 0 Å². The van der Waals surface area contributed by atoms with Gasteiger partial charge in [0.25, 0.3) is 0 Å². The number of ether oxygens (including phenoxy) is 1. The second-order valence-corrected chi connectivity index (χ2v) is 8.65. The molecule has 1 unspecified atom stereocenters. The number of carbonyl (C=O) groups is 2. The van der Waals surface area contributed by atoms with E-state index in [0.29, 0.717) is 6.42 Å². The summed E-state index contributed by atoms with van der Waals surface area (Å²) in [4.78, 5) is 24.1. The van der Waals surface area contributed by atoms with Gasteiger partial charge in [0.05, 0.1) is 6.04 Å². The molecule has 0 aliphatic carbocycles. The topological polar surface area (TPSA) is 55.4 Å². The molecular weight excluding hydrogens is 402 g/mol. The van der Waals surface area contributed by atoms with Gasteiger partial charge in [-0.3, -0.25) is 4.79 Å². The van der Waals surface area contributed by atoms with Crippen LogP contribution in [0.4, 0.5) is 4.79 Å². The van der Waals surface area contributed by atoms with Crippen LogP contribution in [-0.2, 0) is 16.0 Å². The van der Waals surface area contributed by atoms with E-state index in [1.807, 2.05) is 30.3 Å². The van der Waals surface area contributed by atoms with Crippen LogP contribution in [0.1, 0.15) is 26.3 Å². The molecule has 0 aliphatic heterocycles. The number of carbonyl (C=O) groups excluding carboxylic acids is 2. The monoisotopic (exact) mass is 419 g/mol. The van der Waals surface area contributed by atoms with Gasteiger partial charge < -0.3 is 10.1 Å². The molecule has 0 radical (unpaired) electrons. The molecule has 4 nitrogen and oxygen atoms in total. The van der Waals surface area contributed by atoms with Crippen molar-refractivity contribution < 1.29 is 14.3 Å². The van der Waals surface area contributed by atoms with Crippen LogP contribution in [0.5, 0.6) is 0 Å². The van der Waals surface area contributed by atoms with Gasteiger partial charge in [-0.2, -0.15) is 0 Å². The standard InChI is InChI=1S/C15H19Br2NO3/c1-15(2,3)21-14(20)18-11(12(19)13(16)17)9-10-7-5-4-6-8-10/h4-8,11,13H,9H2,1-3H3,(H,18,20). The second kappa shape index (κ2) is 7.94. The molecule has 116 valence electrons. The van der Waals surface area contributed by atoms with E-state index in [1.54, 1.807) is 20.8 Å². The van der Waals surface area contributed by atoms with Gasteiger partial charge in [0, 0.05) is 0 Å². The first-order valence-electron chi connectivity index (χ1n) is 6.54. The van der Waals surface area contributed by atoms with Crippen LogP contribution in [0, 0.1) is 0 Å². The van der Waals surface area contributed by atoms with Gasteiger partial charge in [0.1, 0.15) is 9.34 Å². The molecule has 1 amide bonds. The first-order chi connectivity index (χ1) is 9.69. The van der Waals surface area contributed by atoms with Crippen LogP contribution in [0.25, 0.3) is 0 Å². The smallest absolute Gasteiger partial charge is 0.408 e. The van der Waals surface area contributed by atoms with Gasteiger partial charge in [-0.25, -0.2) is 4.79 Å². The average molecular weight is 421 g/mol. The Morgan fingerprint density at radius 2 is 1.76 bits per heavy atom. The van der Waals surface area contributed by atoms with E-state index in [0.717, 1.165) is 5.56 Å². The third-order valence-corrected chi connectivity index (χ3v) is 3.43. The number of alkyl carbamates (subject to hydrolysis) is 1. The van der Waals surface area contributed by atoms with Crippen molar-refractivity contribution in [3.63, 3.8) is 0 Å². The minimum Gasteiger partial charge on any atom is -0.444 e. The molecule has 1 atom stereocenters. The molecule has 21 heavy (non-hydrogen) atoms. The van der Waals surface area contributed by atoms with Crippen LogP contribution < -0.4 is 5.32 Å². The summed E-state index contributed by atoms with van der Waals surface area (Å²) in [5.74, 6) is -0.162. The largest absolute Gasteiger partial charge is 0.444 e. The van der Waals surface area contributed by atoms with Crippen LogP contribution in [0.3, 0.4) is 0 Å². The first kappa shape index (κ1) is 18.2. The number of Topliss-reactive ketones (excluding diaryl/α,β-unsaturated/α-hetero) is 1. The Morgan fingerprint density at radius 1 is 1.19 bits per heavy atom. The quantitative estimate of drug-likeness (QED) is 0.737. The molecule has 1 rings (SSSR count).